The van der Waals surface area contributed by atoms with Crippen LogP contribution in [-0.4, -0.2) is 36.9 Å². The van der Waals surface area contributed by atoms with Crippen LogP contribution >= 0.6 is 0 Å². The van der Waals surface area contributed by atoms with E-state index < -0.39 is 0 Å². The Morgan fingerprint density at radius 2 is 2.07 bits per heavy atom. The van der Waals surface area contributed by atoms with Crippen molar-refractivity contribution in [2.45, 2.75) is 25.8 Å². The lowest BCUT2D eigenvalue weighted by Gasteiger charge is -2.22. The van der Waals surface area contributed by atoms with Crippen LogP contribution in [0.15, 0.2) is 53.3 Å². The van der Waals surface area contributed by atoms with E-state index in [2.05, 4.69) is 40.5 Å². The first-order valence-electron chi connectivity index (χ1n) is 9.53. The summed E-state index contributed by atoms with van der Waals surface area (Å²) < 4.78 is 5.67. The number of aromatic nitrogens is 6. The second-order valence-corrected chi connectivity index (χ2v) is 6.98. The van der Waals surface area contributed by atoms with Crippen molar-refractivity contribution in [3.05, 3.63) is 60.2 Å². The minimum Gasteiger partial charge on any atom is -0.358 e. The molecule has 1 atom stereocenters. The summed E-state index contributed by atoms with van der Waals surface area (Å²) in [5, 5.41) is 14.5. The van der Waals surface area contributed by atoms with E-state index in [9.17, 15) is 0 Å². The molecule has 29 heavy (non-hydrogen) atoms. The maximum absolute atomic E-state index is 5.67. The molecule has 1 unspecified atom stereocenters. The molecule has 5 rings (SSSR count). The maximum atomic E-state index is 5.67. The Balaban J connectivity index is 1.38. The van der Waals surface area contributed by atoms with E-state index in [-0.39, 0.29) is 6.04 Å². The van der Waals surface area contributed by atoms with Gasteiger partial charge in [0.15, 0.2) is 11.6 Å². The van der Waals surface area contributed by atoms with Gasteiger partial charge in [0.25, 0.3) is 0 Å². The van der Waals surface area contributed by atoms with Crippen molar-refractivity contribution in [1.29, 1.82) is 0 Å². The predicted octanol–water partition coefficient (Wildman–Crippen LogP) is 3.64. The average Bonchev–Trinajstić information content (AvgIpc) is 3.49. The van der Waals surface area contributed by atoms with Crippen LogP contribution in [0.4, 0.5) is 17.6 Å². The van der Waals surface area contributed by atoms with Gasteiger partial charge in [0.1, 0.15) is 11.5 Å². The number of aromatic amines is 1. The highest BCUT2D eigenvalue weighted by atomic mass is 16.5. The summed E-state index contributed by atoms with van der Waals surface area (Å²) in [7, 11) is 0. The van der Waals surface area contributed by atoms with Crippen LogP contribution in [0, 0.1) is 6.92 Å². The molecule has 9 heteroatoms. The first kappa shape index (κ1) is 17.4. The van der Waals surface area contributed by atoms with Crippen molar-refractivity contribution in [1.82, 2.24) is 30.3 Å². The summed E-state index contributed by atoms with van der Waals surface area (Å²) in [4.78, 5) is 15.7. The number of anilines is 3. The van der Waals surface area contributed by atoms with Gasteiger partial charge in [-0.1, -0.05) is 11.2 Å². The summed E-state index contributed by atoms with van der Waals surface area (Å²) >= 11 is 0. The van der Waals surface area contributed by atoms with Crippen molar-refractivity contribution < 1.29 is 4.52 Å². The quantitative estimate of drug-likeness (QED) is 0.533. The molecule has 1 fully saturated rings. The minimum atomic E-state index is 0.0443. The standard InChI is InChI=1S/C20H20N8O/c1-13-11-19(26-25-13)23-18-7-9-22-20(24-18)28-10-4-6-16(28)17-12-15(27-29-17)14-5-2-3-8-21-14/h2-3,5,7-9,11-12,16H,4,6,10H2,1H3,(H2,22,23,24,25,26). The zero-order valence-corrected chi connectivity index (χ0v) is 15.9. The smallest absolute Gasteiger partial charge is 0.227 e. The first-order chi connectivity index (χ1) is 14.3. The fraction of sp³-hybridized carbons (Fsp3) is 0.250. The summed E-state index contributed by atoms with van der Waals surface area (Å²) in [5.74, 6) is 2.87. The second-order valence-electron chi connectivity index (χ2n) is 6.98. The van der Waals surface area contributed by atoms with Gasteiger partial charge in [-0.15, -0.1) is 0 Å². The van der Waals surface area contributed by atoms with Gasteiger partial charge in [-0.2, -0.15) is 10.1 Å². The molecule has 146 valence electrons. The molecule has 0 saturated carbocycles. The van der Waals surface area contributed by atoms with Crippen molar-refractivity contribution >= 4 is 17.6 Å². The zero-order valence-electron chi connectivity index (χ0n) is 15.9. The fourth-order valence-corrected chi connectivity index (χ4v) is 3.55. The molecule has 4 aromatic rings. The first-order valence-corrected chi connectivity index (χ1v) is 9.53. The van der Waals surface area contributed by atoms with Gasteiger partial charge in [-0.05, 0) is 38.0 Å². The highest BCUT2D eigenvalue weighted by molar-refractivity contribution is 5.55. The number of nitrogens with one attached hydrogen (secondary N) is 2. The number of H-pyrrole nitrogens is 1. The van der Waals surface area contributed by atoms with E-state index in [0.29, 0.717) is 11.8 Å². The predicted molar refractivity (Wildman–Crippen MR) is 108 cm³/mol. The van der Waals surface area contributed by atoms with Crippen LogP contribution in [0.3, 0.4) is 0 Å². The molecule has 9 nitrogen and oxygen atoms in total. The average molecular weight is 388 g/mol. The zero-order chi connectivity index (χ0) is 19.6. The third kappa shape index (κ3) is 3.54. The highest BCUT2D eigenvalue weighted by Crippen LogP contribution is 2.36. The van der Waals surface area contributed by atoms with E-state index in [1.807, 2.05) is 43.3 Å². The molecule has 5 heterocycles. The van der Waals surface area contributed by atoms with Gasteiger partial charge in [0, 0.05) is 36.8 Å². The fourth-order valence-electron chi connectivity index (χ4n) is 3.55. The molecular weight excluding hydrogens is 368 g/mol. The van der Waals surface area contributed by atoms with Crippen molar-refractivity contribution in [2.75, 3.05) is 16.8 Å². The SMILES string of the molecule is Cc1cc(Nc2ccnc(N3CCCC3c3cc(-c4ccccn4)no3)n2)n[nH]1. The van der Waals surface area contributed by atoms with Crippen LogP contribution in [0.5, 0.6) is 0 Å². The summed E-state index contributed by atoms with van der Waals surface area (Å²) in [6.45, 7) is 2.81. The molecule has 1 saturated heterocycles. The lowest BCUT2D eigenvalue weighted by molar-refractivity contribution is 0.362. The molecule has 1 aliphatic rings. The Hall–Kier alpha value is -3.75. The molecule has 0 radical (unpaired) electrons. The van der Waals surface area contributed by atoms with Gasteiger partial charge in [0.05, 0.1) is 11.7 Å². The Labute approximate surface area is 167 Å². The molecule has 0 aromatic carbocycles. The largest absolute Gasteiger partial charge is 0.358 e. The van der Waals surface area contributed by atoms with E-state index in [1.165, 1.54) is 0 Å². The van der Waals surface area contributed by atoms with Gasteiger partial charge >= 0.3 is 0 Å². The molecule has 1 aliphatic heterocycles. The summed E-state index contributed by atoms with van der Waals surface area (Å²) in [5.41, 5.74) is 2.51. The Morgan fingerprint density at radius 1 is 1.10 bits per heavy atom. The van der Waals surface area contributed by atoms with Gasteiger partial charge in [0.2, 0.25) is 5.95 Å². The number of rotatable bonds is 5. The van der Waals surface area contributed by atoms with Crippen molar-refractivity contribution in [2.24, 2.45) is 0 Å². The Morgan fingerprint density at radius 3 is 2.90 bits per heavy atom. The summed E-state index contributed by atoms with van der Waals surface area (Å²) in [6, 6.07) is 11.5. The molecule has 4 aromatic heterocycles. The topological polar surface area (TPSA) is 109 Å². The lowest BCUT2D eigenvalue weighted by atomic mass is 10.1. The van der Waals surface area contributed by atoms with Crippen molar-refractivity contribution in [3.8, 4) is 11.4 Å². The summed E-state index contributed by atoms with van der Waals surface area (Å²) in [6.07, 6.45) is 5.48. The second kappa shape index (κ2) is 7.34. The molecule has 0 aliphatic carbocycles. The Bertz CT molecular complexity index is 1110. The van der Waals surface area contributed by atoms with E-state index in [4.69, 9.17) is 4.52 Å². The maximum Gasteiger partial charge on any atom is 0.227 e. The lowest BCUT2D eigenvalue weighted by Crippen LogP contribution is -2.24. The number of hydrogen-bond donors (Lipinski definition) is 2. The minimum absolute atomic E-state index is 0.0443. The molecule has 2 N–H and O–H groups in total. The molecule has 0 spiro atoms. The highest BCUT2D eigenvalue weighted by Gasteiger charge is 2.31. The molecular formula is C20H20N8O. The third-order valence-corrected chi connectivity index (χ3v) is 4.90. The Kier molecular flexibility index (Phi) is 4.39. The van der Waals surface area contributed by atoms with Crippen molar-refractivity contribution in [3.63, 3.8) is 0 Å². The van der Waals surface area contributed by atoms with Crippen LogP contribution in [-0.2, 0) is 0 Å². The molecule has 0 amide bonds. The number of hydrogen-bond acceptors (Lipinski definition) is 8. The van der Waals surface area contributed by atoms with E-state index >= 15 is 0 Å². The van der Waals surface area contributed by atoms with Gasteiger partial charge in [-0.3, -0.25) is 10.1 Å². The van der Waals surface area contributed by atoms with E-state index in [0.717, 1.165) is 48.0 Å². The normalized spacial score (nSPS) is 16.3. The molecule has 0 bridgehead atoms. The third-order valence-electron chi connectivity index (χ3n) is 4.90. The monoisotopic (exact) mass is 388 g/mol. The van der Waals surface area contributed by atoms with Crippen LogP contribution < -0.4 is 10.2 Å². The van der Waals surface area contributed by atoms with Crippen LogP contribution in [0.25, 0.3) is 11.4 Å². The van der Waals surface area contributed by atoms with Gasteiger partial charge < -0.3 is 14.7 Å². The number of nitrogens with zero attached hydrogens (tertiary/aromatic N) is 6. The number of pyridine rings is 1. The van der Waals surface area contributed by atoms with Gasteiger partial charge in [-0.25, -0.2) is 4.98 Å². The van der Waals surface area contributed by atoms with E-state index in [1.54, 1.807) is 12.4 Å². The van der Waals surface area contributed by atoms with Crippen LogP contribution in [0.2, 0.25) is 0 Å². The van der Waals surface area contributed by atoms with Crippen LogP contribution in [0.1, 0.15) is 30.3 Å². The number of aryl methyl sites for hydroxylation is 1.